The summed E-state index contributed by atoms with van der Waals surface area (Å²) in [5, 5.41) is 0.729. The van der Waals surface area contributed by atoms with Crippen LogP contribution in [-0.4, -0.2) is 40.1 Å². The normalized spacial score (nSPS) is 26.3. The molecule has 10 heavy (non-hydrogen) atoms. The van der Waals surface area contributed by atoms with Gasteiger partial charge in [0.25, 0.3) is 0 Å². The molecule has 1 heterocycles. The molecule has 58 valence electrons. The third-order valence-corrected chi connectivity index (χ3v) is 4.36. The highest BCUT2D eigenvalue weighted by Crippen LogP contribution is 2.32. The molecule has 0 aromatic heterocycles. The van der Waals surface area contributed by atoms with E-state index < -0.39 is 0 Å². The van der Waals surface area contributed by atoms with Crippen LogP contribution in [0.25, 0.3) is 0 Å². The molecule has 0 bridgehead atoms. The molecule has 1 saturated heterocycles. The first-order valence-electron chi connectivity index (χ1n) is 3.16. The highest BCUT2D eigenvalue weighted by Gasteiger charge is 2.20. The Morgan fingerprint density at radius 1 is 1.70 bits per heavy atom. The zero-order chi connectivity index (χ0) is 7.56. The topological polar surface area (TPSA) is 3.24 Å². The third kappa shape index (κ3) is 2.78. The number of rotatable bonds is 2. The van der Waals surface area contributed by atoms with Crippen LogP contribution in [0.1, 0.15) is 0 Å². The van der Waals surface area contributed by atoms with E-state index in [4.69, 9.17) is 12.2 Å². The number of hydrogen-bond donors (Lipinski definition) is 0. The molecule has 1 rings (SSSR count). The quantitative estimate of drug-likeness (QED) is 0.614. The van der Waals surface area contributed by atoms with E-state index in [1.54, 1.807) is 0 Å². The van der Waals surface area contributed by atoms with Crippen molar-refractivity contribution in [3.8, 4) is 0 Å². The standard InChI is InChI=1S/C6H11NS3/c1-7(2)3-5-4-9-6(8)10-5/h5H,3-4H2,1-2H3. The summed E-state index contributed by atoms with van der Waals surface area (Å²) in [5.74, 6) is 1.20. The summed E-state index contributed by atoms with van der Waals surface area (Å²) in [7, 11) is 4.21. The number of nitrogens with zero attached hydrogens (tertiary/aromatic N) is 1. The summed E-state index contributed by atoms with van der Waals surface area (Å²) in [6.45, 7) is 1.15. The second-order valence-electron chi connectivity index (χ2n) is 2.56. The molecule has 4 heteroatoms. The summed E-state index contributed by atoms with van der Waals surface area (Å²) >= 11 is 8.72. The van der Waals surface area contributed by atoms with Gasteiger partial charge in [0.05, 0.1) is 0 Å². The average molecular weight is 193 g/mol. The molecular formula is C6H11NS3. The Balaban J connectivity index is 2.24. The Hall–Kier alpha value is 0.750. The van der Waals surface area contributed by atoms with Crippen LogP contribution in [0.3, 0.4) is 0 Å². The van der Waals surface area contributed by atoms with Crippen molar-refractivity contribution in [3.63, 3.8) is 0 Å². The smallest absolute Gasteiger partial charge is 0.104 e. The predicted octanol–water partition coefficient (Wildman–Crippen LogP) is 1.68. The Bertz CT molecular complexity index is 135. The van der Waals surface area contributed by atoms with Gasteiger partial charge in [-0.25, -0.2) is 0 Å². The Morgan fingerprint density at radius 2 is 2.40 bits per heavy atom. The number of thioether (sulfide) groups is 2. The van der Waals surface area contributed by atoms with Gasteiger partial charge in [-0.3, -0.25) is 0 Å². The summed E-state index contributed by atoms with van der Waals surface area (Å²) in [4.78, 5) is 2.21. The zero-order valence-electron chi connectivity index (χ0n) is 6.16. The molecule has 1 nitrogen and oxygen atoms in total. The van der Waals surface area contributed by atoms with Crippen LogP contribution in [0.5, 0.6) is 0 Å². The van der Waals surface area contributed by atoms with Gasteiger partial charge >= 0.3 is 0 Å². The van der Waals surface area contributed by atoms with Gasteiger partial charge < -0.3 is 4.90 Å². The Kier molecular flexibility index (Phi) is 3.49. The van der Waals surface area contributed by atoms with Gasteiger partial charge in [0.1, 0.15) is 3.53 Å². The minimum Gasteiger partial charge on any atom is -0.308 e. The van der Waals surface area contributed by atoms with E-state index in [1.165, 1.54) is 5.75 Å². The van der Waals surface area contributed by atoms with E-state index in [9.17, 15) is 0 Å². The molecule has 0 aliphatic carbocycles. The van der Waals surface area contributed by atoms with E-state index in [2.05, 4.69) is 19.0 Å². The van der Waals surface area contributed by atoms with Crippen LogP contribution in [0.2, 0.25) is 0 Å². The molecule has 0 saturated carbocycles. The maximum Gasteiger partial charge on any atom is 0.104 e. The lowest BCUT2D eigenvalue weighted by atomic mass is 10.4. The van der Waals surface area contributed by atoms with Crippen molar-refractivity contribution in [1.82, 2.24) is 4.90 Å². The molecule has 0 spiro atoms. The molecule has 0 amide bonds. The fourth-order valence-corrected chi connectivity index (χ4v) is 3.91. The van der Waals surface area contributed by atoms with Crippen LogP contribution in [-0.2, 0) is 0 Å². The molecule has 0 aromatic rings. The SMILES string of the molecule is CN(C)CC1CSC(=S)S1. The van der Waals surface area contributed by atoms with Gasteiger partial charge in [-0.1, -0.05) is 12.2 Å². The lowest BCUT2D eigenvalue weighted by Gasteiger charge is -2.12. The van der Waals surface area contributed by atoms with Gasteiger partial charge in [0, 0.05) is 17.5 Å². The van der Waals surface area contributed by atoms with E-state index in [1.807, 2.05) is 23.5 Å². The van der Waals surface area contributed by atoms with Gasteiger partial charge in [0.15, 0.2) is 0 Å². The van der Waals surface area contributed by atoms with Gasteiger partial charge in [0.2, 0.25) is 0 Å². The molecule has 1 fully saturated rings. The summed E-state index contributed by atoms with van der Waals surface area (Å²) in [6.07, 6.45) is 0. The van der Waals surface area contributed by atoms with Crippen LogP contribution >= 0.6 is 35.7 Å². The van der Waals surface area contributed by atoms with Crippen LogP contribution in [0.15, 0.2) is 0 Å². The van der Waals surface area contributed by atoms with E-state index in [0.717, 1.165) is 15.3 Å². The van der Waals surface area contributed by atoms with Crippen LogP contribution in [0.4, 0.5) is 0 Å². The molecular weight excluding hydrogens is 182 g/mol. The lowest BCUT2D eigenvalue weighted by Crippen LogP contribution is -2.23. The second-order valence-corrected chi connectivity index (χ2v) is 6.09. The van der Waals surface area contributed by atoms with E-state index in [0.29, 0.717) is 0 Å². The van der Waals surface area contributed by atoms with Crippen molar-refractivity contribution in [2.45, 2.75) is 5.25 Å². The average Bonchev–Trinajstić information content (AvgIpc) is 2.13. The molecule has 1 aliphatic rings. The predicted molar refractivity (Wildman–Crippen MR) is 55.0 cm³/mol. The zero-order valence-corrected chi connectivity index (χ0v) is 8.61. The van der Waals surface area contributed by atoms with Crippen molar-refractivity contribution in [1.29, 1.82) is 0 Å². The number of hydrogen-bond acceptors (Lipinski definition) is 4. The maximum absolute atomic E-state index is 5.06. The largest absolute Gasteiger partial charge is 0.308 e. The van der Waals surface area contributed by atoms with Crippen LogP contribution in [0, 0.1) is 0 Å². The first-order chi connectivity index (χ1) is 4.68. The van der Waals surface area contributed by atoms with Crippen molar-refractivity contribution in [2.24, 2.45) is 0 Å². The Morgan fingerprint density at radius 3 is 2.80 bits per heavy atom. The van der Waals surface area contributed by atoms with Crippen molar-refractivity contribution >= 4 is 39.3 Å². The lowest BCUT2D eigenvalue weighted by molar-refractivity contribution is 0.416. The second kappa shape index (κ2) is 3.95. The Labute approximate surface area is 75.9 Å². The third-order valence-electron chi connectivity index (χ3n) is 1.22. The fourth-order valence-electron chi connectivity index (χ4n) is 0.862. The summed E-state index contributed by atoms with van der Waals surface area (Å²) in [5.41, 5.74) is 0. The van der Waals surface area contributed by atoms with Crippen LogP contribution < -0.4 is 0 Å². The molecule has 1 unspecified atom stereocenters. The van der Waals surface area contributed by atoms with Crippen molar-refractivity contribution < 1.29 is 0 Å². The fraction of sp³-hybridized carbons (Fsp3) is 0.833. The van der Waals surface area contributed by atoms with Crippen molar-refractivity contribution in [3.05, 3.63) is 0 Å². The maximum atomic E-state index is 5.06. The molecule has 0 aromatic carbocycles. The van der Waals surface area contributed by atoms with Gasteiger partial charge in [-0.15, -0.1) is 23.5 Å². The van der Waals surface area contributed by atoms with E-state index in [-0.39, 0.29) is 0 Å². The first kappa shape index (κ1) is 8.84. The molecule has 1 aliphatic heterocycles. The summed E-state index contributed by atoms with van der Waals surface area (Å²) < 4.78 is 1.12. The first-order valence-corrected chi connectivity index (χ1v) is 5.44. The summed E-state index contributed by atoms with van der Waals surface area (Å²) in [6, 6.07) is 0. The highest BCUT2D eigenvalue weighted by atomic mass is 32.2. The minimum atomic E-state index is 0.729. The van der Waals surface area contributed by atoms with Gasteiger partial charge in [-0.2, -0.15) is 0 Å². The molecule has 1 atom stereocenters. The molecule has 0 N–H and O–H groups in total. The van der Waals surface area contributed by atoms with E-state index >= 15 is 0 Å². The van der Waals surface area contributed by atoms with Gasteiger partial charge in [-0.05, 0) is 14.1 Å². The number of thiocarbonyl (C=S) groups is 1. The molecule has 0 radical (unpaired) electrons. The van der Waals surface area contributed by atoms with Crippen molar-refractivity contribution in [2.75, 3.05) is 26.4 Å². The highest BCUT2D eigenvalue weighted by molar-refractivity contribution is 8.49. The minimum absolute atomic E-state index is 0.729. The monoisotopic (exact) mass is 193 g/mol.